The quantitative estimate of drug-likeness (QED) is 0.260. The van der Waals surface area contributed by atoms with E-state index in [1.807, 2.05) is 0 Å². The highest BCUT2D eigenvalue weighted by atomic mass is 79.9. The third-order valence-corrected chi connectivity index (χ3v) is 8.30. The Bertz CT molecular complexity index is 1640. The zero-order valence-corrected chi connectivity index (χ0v) is 22.6. The van der Waals surface area contributed by atoms with Gasteiger partial charge in [-0.3, -0.25) is 19.0 Å². The lowest BCUT2D eigenvalue weighted by molar-refractivity contribution is -0.140. The van der Waals surface area contributed by atoms with Crippen LogP contribution in [0, 0.1) is 6.92 Å². The number of carbonyl (C=O) groups excluding carboxylic acids is 2. The summed E-state index contributed by atoms with van der Waals surface area (Å²) >= 11 is 3.77. The van der Waals surface area contributed by atoms with Gasteiger partial charge in [-0.15, -0.1) is 11.3 Å². The van der Waals surface area contributed by atoms with Crippen molar-refractivity contribution in [2.24, 2.45) is 12.8 Å². The minimum Gasteiger partial charge on any atom is -0.365 e. The summed E-state index contributed by atoms with van der Waals surface area (Å²) in [5.74, 6) is -1.78. The van der Waals surface area contributed by atoms with Gasteiger partial charge in [-0.1, -0.05) is 0 Å². The predicted molar refractivity (Wildman–Crippen MR) is 136 cm³/mol. The maximum atomic E-state index is 13.7. The van der Waals surface area contributed by atoms with Crippen molar-refractivity contribution in [2.45, 2.75) is 44.8 Å². The van der Waals surface area contributed by atoms with Gasteiger partial charge in [0, 0.05) is 29.6 Å². The normalized spacial score (nSPS) is 14.0. The lowest BCUT2D eigenvalue weighted by atomic mass is 10.0. The van der Waals surface area contributed by atoms with Crippen LogP contribution in [-0.4, -0.2) is 36.4 Å². The fourth-order valence-corrected chi connectivity index (χ4v) is 6.09. The minimum atomic E-state index is -4.80. The third kappa shape index (κ3) is 4.90. The first-order chi connectivity index (χ1) is 18.3. The van der Waals surface area contributed by atoms with Crippen LogP contribution < -0.4 is 11.1 Å². The summed E-state index contributed by atoms with van der Waals surface area (Å²) in [4.78, 5) is 28.8. The lowest BCUT2D eigenvalue weighted by Crippen LogP contribution is -2.22. The van der Waals surface area contributed by atoms with Crippen LogP contribution in [0.3, 0.4) is 0 Å². The van der Waals surface area contributed by atoms with Crippen molar-refractivity contribution in [3.8, 4) is 11.1 Å². The molecule has 0 spiro atoms. The molecule has 4 aromatic rings. The third-order valence-electron chi connectivity index (χ3n) is 6.39. The van der Waals surface area contributed by atoms with Gasteiger partial charge < -0.3 is 11.1 Å². The smallest absolute Gasteiger partial charge is 0.365 e. The van der Waals surface area contributed by atoms with E-state index in [-0.39, 0.29) is 36.7 Å². The SMILES string of the molecule is Cc1c(-c2cc(C(F)(F)F)nc3sc(C(N)=O)c(NC(=O)Cn4nc(C(F)F)c(Br)c4C4CC4)c23)cnn1C. The molecule has 1 aliphatic rings. The number of amides is 2. The number of pyridine rings is 1. The Morgan fingerprint density at radius 3 is 2.51 bits per heavy atom. The molecule has 9 nitrogen and oxygen atoms in total. The lowest BCUT2D eigenvalue weighted by Gasteiger charge is -2.13. The van der Waals surface area contributed by atoms with Crippen molar-refractivity contribution >= 4 is 55.0 Å². The molecule has 4 aromatic heterocycles. The monoisotopic (exact) mass is 631 g/mol. The molecule has 206 valence electrons. The summed E-state index contributed by atoms with van der Waals surface area (Å²) in [6.07, 6.45) is -4.81. The highest BCUT2D eigenvalue weighted by Gasteiger charge is 2.36. The Hall–Kier alpha value is -3.40. The van der Waals surface area contributed by atoms with Crippen LogP contribution in [-0.2, 0) is 24.6 Å². The van der Waals surface area contributed by atoms with Gasteiger partial charge in [0.25, 0.3) is 12.3 Å². The molecule has 0 aliphatic heterocycles. The Morgan fingerprint density at radius 1 is 1.28 bits per heavy atom. The van der Waals surface area contributed by atoms with E-state index in [4.69, 9.17) is 5.73 Å². The topological polar surface area (TPSA) is 121 Å². The minimum absolute atomic E-state index is 0.0393. The Labute approximate surface area is 229 Å². The zero-order chi connectivity index (χ0) is 28.4. The van der Waals surface area contributed by atoms with Crippen molar-refractivity contribution in [3.63, 3.8) is 0 Å². The number of hydrogen-bond donors (Lipinski definition) is 2. The van der Waals surface area contributed by atoms with E-state index in [0.717, 1.165) is 18.9 Å². The molecular weight excluding hydrogens is 613 g/mol. The largest absolute Gasteiger partial charge is 0.433 e. The first-order valence-electron chi connectivity index (χ1n) is 11.5. The van der Waals surface area contributed by atoms with E-state index >= 15 is 0 Å². The molecule has 3 N–H and O–H groups in total. The van der Waals surface area contributed by atoms with Crippen LogP contribution in [0.15, 0.2) is 16.7 Å². The molecule has 0 saturated heterocycles. The first-order valence-corrected chi connectivity index (χ1v) is 13.1. The average molecular weight is 632 g/mol. The Kier molecular flexibility index (Phi) is 6.73. The molecule has 39 heavy (non-hydrogen) atoms. The summed E-state index contributed by atoms with van der Waals surface area (Å²) < 4.78 is 70.9. The molecule has 0 aromatic carbocycles. The molecular formula is C23H19BrF5N7O2S. The number of carbonyl (C=O) groups is 2. The van der Waals surface area contributed by atoms with E-state index in [1.165, 1.54) is 15.6 Å². The molecule has 5 rings (SSSR count). The van der Waals surface area contributed by atoms with Crippen molar-refractivity contribution in [2.75, 3.05) is 5.32 Å². The second-order valence-electron chi connectivity index (χ2n) is 9.04. The number of aromatic nitrogens is 5. The summed E-state index contributed by atoms with van der Waals surface area (Å²) in [6.45, 7) is 1.17. The van der Waals surface area contributed by atoms with Crippen molar-refractivity contribution in [1.82, 2.24) is 24.5 Å². The van der Waals surface area contributed by atoms with Gasteiger partial charge in [0.15, 0.2) is 0 Å². The maximum Gasteiger partial charge on any atom is 0.433 e. The number of halogens is 6. The number of nitrogens with zero attached hydrogens (tertiary/aromatic N) is 5. The summed E-state index contributed by atoms with van der Waals surface area (Å²) in [7, 11) is 1.61. The van der Waals surface area contributed by atoms with E-state index in [1.54, 1.807) is 14.0 Å². The Balaban J connectivity index is 1.63. The van der Waals surface area contributed by atoms with E-state index in [0.29, 0.717) is 28.3 Å². The number of thiophene rings is 1. The molecule has 4 heterocycles. The fourth-order valence-electron chi connectivity index (χ4n) is 4.31. The van der Waals surface area contributed by atoms with Gasteiger partial charge in [0.1, 0.15) is 27.6 Å². The van der Waals surface area contributed by atoms with Crippen molar-refractivity contribution < 1.29 is 31.5 Å². The molecule has 1 fully saturated rings. The molecule has 1 aliphatic carbocycles. The maximum absolute atomic E-state index is 13.7. The number of anilines is 1. The van der Waals surface area contributed by atoms with Gasteiger partial charge >= 0.3 is 6.18 Å². The van der Waals surface area contributed by atoms with Crippen LogP contribution in [0.2, 0.25) is 0 Å². The molecule has 0 bridgehead atoms. The second-order valence-corrected chi connectivity index (χ2v) is 10.8. The van der Waals surface area contributed by atoms with Crippen LogP contribution in [0.5, 0.6) is 0 Å². The first kappa shape index (κ1) is 27.2. The number of rotatable bonds is 7. The van der Waals surface area contributed by atoms with Gasteiger partial charge in [-0.05, 0) is 47.3 Å². The van der Waals surface area contributed by atoms with Crippen LogP contribution in [0.1, 0.15) is 57.6 Å². The van der Waals surface area contributed by atoms with E-state index in [2.05, 4.69) is 36.4 Å². The van der Waals surface area contributed by atoms with Crippen molar-refractivity contribution in [3.05, 3.63) is 44.4 Å². The van der Waals surface area contributed by atoms with Gasteiger partial charge in [0.2, 0.25) is 5.91 Å². The molecule has 0 unspecified atom stereocenters. The van der Waals surface area contributed by atoms with Crippen LogP contribution in [0.25, 0.3) is 21.3 Å². The molecule has 0 radical (unpaired) electrons. The predicted octanol–water partition coefficient (Wildman–Crippen LogP) is 5.54. The molecule has 2 amide bonds. The molecule has 1 saturated carbocycles. The van der Waals surface area contributed by atoms with Crippen LogP contribution >= 0.6 is 27.3 Å². The zero-order valence-electron chi connectivity index (χ0n) is 20.2. The highest BCUT2D eigenvalue weighted by molar-refractivity contribution is 9.10. The fraction of sp³-hybridized carbons (Fsp3) is 0.348. The molecule has 16 heteroatoms. The highest BCUT2D eigenvalue weighted by Crippen LogP contribution is 2.46. The van der Waals surface area contributed by atoms with Crippen molar-refractivity contribution in [1.29, 1.82) is 0 Å². The van der Waals surface area contributed by atoms with E-state index < -0.39 is 42.3 Å². The Morgan fingerprint density at radius 2 is 1.97 bits per heavy atom. The number of nitrogens with two attached hydrogens (primary N) is 1. The number of fused-ring (bicyclic) bond motifs is 1. The number of aryl methyl sites for hydroxylation is 1. The summed E-state index contributed by atoms with van der Waals surface area (Å²) in [6, 6.07) is 0.824. The molecule has 0 atom stereocenters. The summed E-state index contributed by atoms with van der Waals surface area (Å²) in [5, 5.41) is 10.6. The average Bonchev–Trinajstić information content (AvgIpc) is 3.42. The number of hydrogen-bond acceptors (Lipinski definition) is 6. The van der Waals surface area contributed by atoms with E-state index in [9.17, 15) is 31.5 Å². The number of primary amides is 1. The number of nitrogens with one attached hydrogen (secondary N) is 1. The summed E-state index contributed by atoms with van der Waals surface area (Å²) in [5.41, 5.74) is 5.05. The second kappa shape index (κ2) is 9.66. The van der Waals surface area contributed by atoms with Crippen LogP contribution in [0.4, 0.5) is 27.6 Å². The standard InChI is InChI=1S/C23H19BrF5N7O2S/c1-8-11(6-31-35(8)2)10-5-12(23(27,28)29)32-22-14(10)16(19(39-22)21(30)38)33-13(37)7-36-18(9-3-4-9)15(24)17(34-36)20(25)26/h5-6,9,20H,3-4,7H2,1-2H3,(H2,30,38)(H,33,37). The van der Waals surface area contributed by atoms with Gasteiger partial charge in [-0.25, -0.2) is 13.8 Å². The van der Waals surface area contributed by atoms with Gasteiger partial charge in [-0.2, -0.15) is 23.4 Å². The van der Waals surface area contributed by atoms with Gasteiger partial charge in [0.05, 0.1) is 22.1 Å². The number of alkyl halides is 5.